The van der Waals surface area contributed by atoms with Crippen LogP contribution in [0.2, 0.25) is 0 Å². The van der Waals surface area contributed by atoms with Crippen LogP contribution < -0.4 is 5.73 Å². The number of aliphatic imine (C=N–C) groups is 1. The molecule has 3 nitrogen and oxygen atoms in total. The van der Waals surface area contributed by atoms with E-state index in [-0.39, 0.29) is 0 Å². The minimum absolute atomic E-state index is 0.592. The van der Waals surface area contributed by atoms with Crippen molar-refractivity contribution in [2.45, 2.75) is 34.1 Å². The molecule has 0 amide bonds. The highest BCUT2D eigenvalue weighted by atomic mass is 14.8. The Labute approximate surface area is 97.9 Å². The monoisotopic (exact) mass is 219 g/mol. The van der Waals surface area contributed by atoms with Gasteiger partial charge in [0.1, 0.15) is 0 Å². The molecule has 0 atom stereocenters. The van der Waals surface area contributed by atoms with E-state index in [1.54, 1.807) is 13.8 Å². The van der Waals surface area contributed by atoms with E-state index in [1.165, 1.54) is 5.56 Å². The Hall–Kier alpha value is -1.64. The lowest BCUT2D eigenvalue weighted by molar-refractivity contribution is 1.23. The first-order valence-corrected chi connectivity index (χ1v) is 5.37. The number of nitrogens with two attached hydrogens (primary N) is 1. The van der Waals surface area contributed by atoms with Crippen LogP contribution in [0.3, 0.4) is 0 Å². The van der Waals surface area contributed by atoms with Gasteiger partial charge in [0.15, 0.2) is 0 Å². The highest BCUT2D eigenvalue weighted by Crippen LogP contribution is 2.11. The van der Waals surface area contributed by atoms with Crippen molar-refractivity contribution in [3.8, 4) is 0 Å². The average molecular weight is 219 g/mol. The van der Waals surface area contributed by atoms with Gasteiger partial charge in [0.2, 0.25) is 0 Å². The van der Waals surface area contributed by atoms with Crippen LogP contribution in [0.5, 0.6) is 0 Å². The molecule has 0 fully saturated rings. The fraction of sp³-hybridized carbons (Fsp3) is 0.385. The molecule has 0 heterocycles. The molecule has 0 saturated carbocycles. The third-order valence-corrected chi connectivity index (χ3v) is 1.87. The molecule has 0 spiro atoms. The van der Waals surface area contributed by atoms with E-state index in [0.29, 0.717) is 5.84 Å². The smallest absolute Gasteiger partial charge is 0.0964 e. The summed E-state index contributed by atoms with van der Waals surface area (Å²) in [5.74, 6) is 0.592. The molecular weight excluding hydrogens is 198 g/mol. The predicted molar refractivity (Wildman–Crippen MR) is 71.8 cm³/mol. The molecule has 1 aromatic carbocycles. The largest absolute Gasteiger partial charge is 0.387 e. The average Bonchev–Trinajstić information content (AvgIpc) is 2.22. The lowest BCUT2D eigenvalue weighted by atomic mass is 10.2. The molecular formula is C13H21N3. The molecule has 0 saturated heterocycles. The van der Waals surface area contributed by atoms with Crippen LogP contribution in [0.4, 0.5) is 5.69 Å². The summed E-state index contributed by atoms with van der Waals surface area (Å²) in [6.07, 6.45) is 0.889. The van der Waals surface area contributed by atoms with Gasteiger partial charge in [-0.1, -0.05) is 24.6 Å². The number of hydrogen-bond acceptors (Lipinski definition) is 2. The van der Waals surface area contributed by atoms with E-state index in [2.05, 4.69) is 4.99 Å². The van der Waals surface area contributed by atoms with Crippen molar-refractivity contribution in [2.75, 3.05) is 0 Å². The fourth-order valence-electron chi connectivity index (χ4n) is 0.823. The Morgan fingerprint density at radius 3 is 2.00 bits per heavy atom. The summed E-state index contributed by atoms with van der Waals surface area (Å²) >= 11 is 0. The molecule has 0 aromatic heterocycles. The van der Waals surface area contributed by atoms with Gasteiger partial charge in [-0.15, -0.1) is 0 Å². The molecule has 0 bridgehead atoms. The summed E-state index contributed by atoms with van der Waals surface area (Å²) in [5.41, 5.74) is 8.31. The van der Waals surface area contributed by atoms with Gasteiger partial charge in [0.05, 0.1) is 11.5 Å². The maximum atomic E-state index is 6.74. The van der Waals surface area contributed by atoms with Crippen LogP contribution in [-0.2, 0) is 0 Å². The number of rotatable bonds is 2. The van der Waals surface area contributed by atoms with E-state index < -0.39 is 0 Å². The highest BCUT2D eigenvalue weighted by Gasteiger charge is 1.87. The summed E-state index contributed by atoms with van der Waals surface area (Å²) in [6, 6.07) is 7.93. The second kappa shape index (κ2) is 7.63. The van der Waals surface area contributed by atoms with E-state index in [1.807, 2.05) is 38.1 Å². The van der Waals surface area contributed by atoms with Crippen molar-refractivity contribution in [3.63, 3.8) is 0 Å². The second-order valence-electron chi connectivity index (χ2n) is 3.72. The Morgan fingerprint density at radius 2 is 1.69 bits per heavy atom. The molecule has 3 heteroatoms. The summed E-state index contributed by atoms with van der Waals surface area (Å²) in [7, 11) is 0. The van der Waals surface area contributed by atoms with Crippen molar-refractivity contribution >= 4 is 17.2 Å². The molecule has 0 aliphatic carbocycles. The number of nitrogens with one attached hydrogen (secondary N) is 1. The molecule has 1 rings (SSSR count). The van der Waals surface area contributed by atoms with Crippen LogP contribution in [0, 0.1) is 12.3 Å². The number of amidine groups is 1. The number of hydrogen-bond donors (Lipinski definition) is 2. The molecule has 0 radical (unpaired) electrons. The fourth-order valence-corrected chi connectivity index (χ4v) is 0.823. The van der Waals surface area contributed by atoms with Crippen molar-refractivity contribution in [1.82, 2.24) is 0 Å². The Bertz CT molecular complexity index is 346. The zero-order chi connectivity index (χ0) is 12.6. The summed E-state index contributed by atoms with van der Waals surface area (Å²) in [4.78, 5) is 4.10. The number of nitrogens with zero attached hydrogens (tertiary/aromatic N) is 1. The number of benzene rings is 1. The summed E-state index contributed by atoms with van der Waals surface area (Å²) in [5, 5.41) is 6.74. The lowest BCUT2D eigenvalue weighted by Crippen LogP contribution is -2.03. The van der Waals surface area contributed by atoms with Crippen LogP contribution in [0.15, 0.2) is 29.3 Å². The molecule has 88 valence electrons. The Balaban J connectivity index is 0.000000385. The lowest BCUT2D eigenvalue weighted by Gasteiger charge is -1.94. The maximum absolute atomic E-state index is 6.74. The minimum Gasteiger partial charge on any atom is -0.387 e. The molecule has 0 aliphatic rings. The zero-order valence-electron chi connectivity index (χ0n) is 10.5. The molecule has 0 unspecified atom stereocenters. The van der Waals surface area contributed by atoms with Gasteiger partial charge >= 0.3 is 0 Å². The second-order valence-corrected chi connectivity index (χ2v) is 3.72. The van der Waals surface area contributed by atoms with Crippen molar-refractivity contribution < 1.29 is 0 Å². The topological polar surface area (TPSA) is 62.2 Å². The highest BCUT2D eigenvalue weighted by molar-refractivity contribution is 5.80. The summed E-state index contributed by atoms with van der Waals surface area (Å²) < 4.78 is 0. The van der Waals surface area contributed by atoms with Crippen molar-refractivity contribution in [2.24, 2.45) is 10.7 Å². The number of aryl methyl sites for hydroxylation is 1. The van der Waals surface area contributed by atoms with Crippen LogP contribution in [0.1, 0.15) is 32.8 Å². The predicted octanol–water partition coefficient (Wildman–Crippen LogP) is 3.44. The van der Waals surface area contributed by atoms with Gasteiger partial charge in [-0.25, -0.2) is 4.99 Å². The third-order valence-electron chi connectivity index (χ3n) is 1.87. The van der Waals surface area contributed by atoms with Crippen molar-refractivity contribution in [3.05, 3.63) is 29.8 Å². The van der Waals surface area contributed by atoms with Crippen molar-refractivity contribution in [1.29, 1.82) is 5.41 Å². The SMILES string of the molecule is CC(N)=Nc1ccc(C)cc1.CCC(C)=N. The Morgan fingerprint density at radius 1 is 1.25 bits per heavy atom. The molecule has 0 aliphatic heterocycles. The van der Waals surface area contributed by atoms with Crippen LogP contribution in [-0.4, -0.2) is 11.5 Å². The van der Waals surface area contributed by atoms with E-state index >= 15 is 0 Å². The van der Waals surface area contributed by atoms with Crippen LogP contribution in [0.25, 0.3) is 0 Å². The van der Waals surface area contributed by atoms with E-state index in [9.17, 15) is 0 Å². The minimum atomic E-state index is 0.592. The summed E-state index contributed by atoms with van der Waals surface area (Å²) in [6.45, 7) is 7.60. The standard InChI is InChI=1S/C9H12N2.C4H9N/c1-7-3-5-9(6-4-7)11-8(2)10;1-3-4(2)5/h3-6H,1-2H3,(H2,10,11);5H,3H2,1-2H3. The quantitative estimate of drug-likeness (QED) is 0.581. The van der Waals surface area contributed by atoms with Gasteiger partial charge < -0.3 is 11.1 Å². The third kappa shape index (κ3) is 7.74. The van der Waals surface area contributed by atoms with E-state index in [0.717, 1.165) is 17.8 Å². The normalized spacial score (nSPS) is 10.4. The first-order chi connectivity index (χ1) is 7.45. The molecule has 3 N–H and O–H groups in total. The van der Waals surface area contributed by atoms with Gasteiger partial charge in [0, 0.05) is 5.71 Å². The molecule has 16 heavy (non-hydrogen) atoms. The zero-order valence-corrected chi connectivity index (χ0v) is 10.5. The van der Waals surface area contributed by atoms with Gasteiger partial charge in [-0.2, -0.15) is 0 Å². The first kappa shape index (κ1) is 14.4. The maximum Gasteiger partial charge on any atom is 0.0964 e. The molecule has 1 aromatic rings. The first-order valence-electron chi connectivity index (χ1n) is 5.37. The van der Waals surface area contributed by atoms with Gasteiger partial charge in [0.25, 0.3) is 0 Å². The van der Waals surface area contributed by atoms with E-state index in [4.69, 9.17) is 11.1 Å². The van der Waals surface area contributed by atoms with Gasteiger partial charge in [-0.05, 0) is 39.3 Å². The Kier molecular flexibility index (Phi) is 6.84. The van der Waals surface area contributed by atoms with Gasteiger partial charge in [-0.3, -0.25) is 0 Å². The van der Waals surface area contributed by atoms with Crippen LogP contribution >= 0.6 is 0 Å².